The Bertz CT molecular complexity index is 518. The number of rotatable bonds is 6. The van der Waals surface area contributed by atoms with Gasteiger partial charge in [-0.3, -0.25) is 0 Å². The van der Waals surface area contributed by atoms with Gasteiger partial charge in [-0.05, 0) is 38.8 Å². The van der Waals surface area contributed by atoms with E-state index in [1.165, 1.54) is 7.11 Å². The van der Waals surface area contributed by atoms with Crippen LogP contribution in [0.3, 0.4) is 0 Å². The van der Waals surface area contributed by atoms with E-state index < -0.39 is 11.4 Å². The third kappa shape index (κ3) is 4.47. The molecule has 0 amide bonds. The molecule has 0 radical (unpaired) electrons. The Balaban J connectivity index is 2.54. The van der Waals surface area contributed by atoms with Crippen LogP contribution in [0.15, 0.2) is 18.2 Å². The Morgan fingerprint density at radius 1 is 1.45 bits per heavy atom. The van der Waals surface area contributed by atoms with Crippen LogP contribution in [0, 0.1) is 16.7 Å². The molecule has 0 atom stereocenters. The number of nitrogens with two attached hydrogens (primary N) is 1. The zero-order chi connectivity index (χ0) is 15.2. The van der Waals surface area contributed by atoms with Gasteiger partial charge in [0.25, 0.3) is 0 Å². The molecule has 108 valence electrons. The lowest BCUT2D eigenvalue weighted by molar-refractivity contribution is 0.0487. The highest BCUT2D eigenvalue weighted by Crippen LogP contribution is 2.23. The number of benzene rings is 1. The molecule has 0 aliphatic heterocycles. The molecule has 0 unspecified atom stereocenters. The van der Waals surface area contributed by atoms with Crippen LogP contribution in [0.5, 0.6) is 5.75 Å². The quantitative estimate of drug-likeness (QED) is 0.490. The van der Waals surface area contributed by atoms with Crippen LogP contribution >= 0.6 is 0 Å². The van der Waals surface area contributed by atoms with Gasteiger partial charge in [-0.25, -0.2) is 4.79 Å². The third-order valence-electron chi connectivity index (χ3n) is 2.93. The fourth-order valence-electron chi connectivity index (χ4n) is 1.69. The summed E-state index contributed by atoms with van der Waals surface area (Å²) in [6.45, 7) is 3.99. The molecule has 1 rings (SSSR count). The van der Waals surface area contributed by atoms with Crippen molar-refractivity contribution in [1.82, 2.24) is 0 Å². The summed E-state index contributed by atoms with van der Waals surface area (Å²) in [5.41, 5.74) is 6.10. The van der Waals surface area contributed by atoms with E-state index >= 15 is 0 Å². The van der Waals surface area contributed by atoms with Crippen molar-refractivity contribution in [2.24, 2.45) is 5.41 Å². The minimum atomic E-state index is -0.448. The second-order valence-corrected chi connectivity index (χ2v) is 5.19. The van der Waals surface area contributed by atoms with E-state index in [0.29, 0.717) is 29.8 Å². The van der Waals surface area contributed by atoms with Gasteiger partial charge in [0.2, 0.25) is 0 Å². The topological polar surface area (TPSA) is 85.3 Å². The minimum Gasteiger partial charge on any atom is -0.496 e. The molecule has 20 heavy (non-hydrogen) atoms. The van der Waals surface area contributed by atoms with Gasteiger partial charge in [0.05, 0.1) is 25.2 Å². The Kier molecular flexibility index (Phi) is 5.39. The molecule has 5 nitrogen and oxygen atoms in total. The summed E-state index contributed by atoms with van der Waals surface area (Å²) >= 11 is 0. The normalized spacial score (nSPS) is 10.7. The number of hydrogen-bond acceptors (Lipinski definition) is 5. The molecule has 0 aliphatic rings. The number of hydrogen-bond donors (Lipinski definition) is 1. The van der Waals surface area contributed by atoms with Crippen LogP contribution in [0.2, 0.25) is 0 Å². The third-order valence-corrected chi connectivity index (χ3v) is 2.93. The van der Waals surface area contributed by atoms with Crippen molar-refractivity contribution in [3.05, 3.63) is 23.8 Å². The van der Waals surface area contributed by atoms with Crippen LogP contribution in [-0.4, -0.2) is 19.7 Å². The SMILES string of the molecule is COc1cc(N)ccc1C(=O)OCCCC(C)(C)C#N. The molecule has 0 aromatic heterocycles. The fourth-order valence-corrected chi connectivity index (χ4v) is 1.69. The maximum absolute atomic E-state index is 11.9. The Hall–Kier alpha value is -2.22. The lowest BCUT2D eigenvalue weighted by Gasteiger charge is -2.14. The van der Waals surface area contributed by atoms with Crippen molar-refractivity contribution in [3.8, 4) is 11.8 Å². The first-order chi connectivity index (χ1) is 9.39. The molecular formula is C15H20N2O3. The molecule has 0 aliphatic carbocycles. The van der Waals surface area contributed by atoms with Gasteiger partial charge in [-0.2, -0.15) is 5.26 Å². The summed E-state index contributed by atoms with van der Waals surface area (Å²) < 4.78 is 10.3. The number of anilines is 1. The number of nitriles is 1. The van der Waals surface area contributed by atoms with Gasteiger partial charge in [0, 0.05) is 11.8 Å². The Morgan fingerprint density at radius 3 is 2.75 bits per heavy atom. The standard InChI is InChI=1S/C15H20N2O3/c1-15(2,10-16)7-4-8-20-14(18)12-6-5-11(17)9-13(12)19-3/h5-6,9H,4,7-8,17H2,1-3H3. The van der Waals surface area contributed by atoms with E-state index in [0.717, 1.165) is 0 Å². The Labute approximate surface area is 119 Å². The van der Waals surface area contributed by atoms with E-state index in [1.54, 1.807) is 18.2 Å². The summed E-state index contributed by atoms with van der Waals surface area (Å²) in [7, 11) is 1.47. The minimum absolute atomic E-state index is 0.275. The van der Waals surface area contributed by atoms with Crippen molar-refractivity contribution in [3.63, 3.8) is 0 Å². The van der Waals surface area contributed by atoms with Crippen molar-refractivity contribution in [2.45, 2.75) is 26.7 Å². The largest absolute Gasteiger partial charge is 0.496 e. The van der Waals surface area contributed by atoms with E-state index in [-0.39, 0.29) is 6.61 Å². The van der Waals surface area contributed by atoms with Crippen LogP contribution in [0.4, 0.5) is 5.69 Å². The highest BCUT2D eigenvalue weighted by molar-refractivity contribution is 5.93. The van der Waals surface area contributed by atoms with Crippen molar-refractivity contribution < 1.29 is 14.3 Å². The van der Waals surface area contributed by atoms with Gasteiger partial charge >= 0.3 is 5.97 Å². The number of ether oxygens (including phenoxy) is 2. The molecule has 0 bridgehead atoms. The highest BCUT2D eigenvalue weighted by atomic mass is 16.5. The molecule has 5 heteroatoms. The van der Waals surface area contributed by atoms with Crippen molar-refractivity contribution in [1.29, 1.82) is 5.26 Å². The van der Waals surface area contributed by atoms with E-state index in [9.17, 15) is 4.79 Å². The molecule has 2 N–H and O–H groups in total. The molecular weight excluding hydrogens is 256 g/mol. The summed E-state index contributed by atoms with van der Waals surface area (Å²) in [5, 5.41) is 8.89. The monoisotopic (exact) mass is 276 g/mol. The van der Waals surface area contributed by atoms with E-state index in [2.05, 4.69) is 6.07 Å². The number of carbonyl (C=O) groups excluding carboxylic acids is 1. The van der Waals surface area contributed by atoms with Gasteiger partial charge in [-0.1, -0.05) is 0 Å². The van der Waals surface area contributed by atoms with Crippen molar-refractivity contribution in [2.75, 3.05) is 19.5 Å². The maximum atomic E-state index is 11.9. The lowest BCUT2D eigenvalue weighted by Crippen LogP contribution is -2.12. The summed E-state index contributed by atoms with van der Waals surface area (Å²) in [4.78, 5) is 11.9. The smallest absolute Gasteiger partial charge is 0.341 e. The molecule has 1 aromatic carbocycles. The maximum Gasteiger partial charge on any atom is 0.341 e. The first kappa shape index (κ1) is 15.8. The van der Waals surface area contributed by atoms with Crippen LogP contribution < -0.4 is 10.5 Å². The highest BCUT2D eigenvalue weighted by Gasteiger charge is 2.17. The van der Waals surface area contributed by atoms with Gasteiger partial charge < -0.3 is 15.2 Å². The number of carbonyl (C=O) groups is 1. The van der Waals surface area contributed by atoms with Gasteiger partial charge in [-0.15, -0.1) is 0 Å². The molecule has 0 spiro atoms. The average Bonchev–Trinajstić information content (AvgIpc) is 2.43. The summed E-state index contributed by atoms with van der Waals surface area (Å²) in [6, 6.07) is 6.99. The van der Waals surface area contributed by atoms with E-state index in [1.807, 2.05) is 13.8 Å². The number of methoxy groups -OCH3 is 1. The lowest BCUT2D eigenvalue weighted by atomic mass is 9.90. The second-order valence-electron chi connectivity index (χ2n) is 5.19. The van der Waals surface area contributed by atoms with Gasteiger partial charge in [0.1, 0.15) is 11.3 Å². The first-order valence-corrected chi connectivity index (χ1v) is 6.41. The second kappa shape index (κ2) is 6.80. The zero-order valence-electron chi connectivity index (χ0n) is 12.1. The van der Waals surface area contributed by atoms with Crippen LogP contribution in [0.1, 0.15) is 37.0 Å². The van der Waals surface area contributed by atoms with E-state index in [4.69, 9.17) is 20.5 Å². The Morgan fingerprint density at radius 2 is 2.15 bits per heavy atom. The molecule has 0 fully saturated rings. The number of nitrogen functional groups attached to an aromatic ring is 1. The molecule has 1 aromatic rings. The number of esters is 1. The molecule has 0 saturated heterocycles. The number of nitrogens with zero attached hydrogens (tertiary/aromatic N) is 1. The summed E-state index contributed by atoms with van der Waals surface area (Å²) in [6.07, 6.45) is 1.32. The molecule has 0 heterocycles. The summed E-state index contributed by atoms with van der Waals surface area (Å²) in [5.74, 6) is -0.0519. The predicted octanol–water partition coefficient (Wildman–Crippen LogP) is 2.76. The van der Waals surface area contributed by atoms with Gasteiger partial charge in [0.15, 0.2) is 0 Å². The average molecular weight is 276 g/mol. The first-order valence-electron chi connectivity index (χ1n) is 6.41. The zero-order valence-corrected chi connectivity index (χ0v) is 12.1. The van der Waals surface area contributed by atoms with Crippen molar-refractivity contribution >= 4 is 11.7 Å². The molecule has 0 saturated carbocycles. The fraction of sp³-hybridized carbons (Fsp3) is 0.467. The van der Waals surface area contributed by atoms with Crippen LogP contribution in [-0.2, 0) is 4.74 Å². The van der Waals surface area contributed by atoms with Crippen LogP contribution in [0.25, 0.3) is 0 Å². The predicted molar refractivity (Wildman–Crippen MR) is 76.3 cm³/mol.